The Hall–Kier alpha value is 0.300. The Bertz CT molecular complexity index is 432. The molecule has 0 aliphatic heterocycles. The topological polar surface area (TPSA) is 12.0 Å². The molecule has 3 rings (SSSR count). The molecule has 0 bridgehead atoms. The van der Waals surface area contributed by atoms with Gasteiger partial charge in [-0.15, -0.1) is 11.3 Å². The number of thioether (sulfide) groups is 1. The molecule has 1 nitrogen and oxygen atoms in total. The molecule has 4 heteroatoms. The van der Waals surface area contributed by atoms with Crippen molar-refractivity contribution in [3.05, 3.63) is 20.8 Å². The lowest BCUT2D eigenvalue weighted by molar-refractivity contribution is 0.403. The Labute approximate surface area is 129 Å². The van der Waals surface area contributed by atoms with Gasteiger partial charge in [0.1, 0.15) is 0 Å². The van der Waals surface area contributed by atoms with Gasteiger partial charge in [0.25, 0.3) is 0 Å². The highest BCUT2D eigenvalue weighted by atomic mass is 35.5. The summed E-state index contributed by atoms with van der Waals surface area (Å²) in [5.41, 5.74) is 1.49. The van der Waals surface area contributed by atoms with Crippen molar-refractivity contribution < 1.29 is 0 Å². The van der Waals surface area contributed by atoms with E-state index in [9.17, 15) is 0 Å². The minimum absolute atomic E-state index is 0.551. The Balaban J connectivity index is 1.70. The third kappa shape index (κ3) is 3.15. The molecular weight excluding hydrogens is 294 g/mol. The first-order chi connectivity index (χ1) is 9.28. The largest absolute Gasteiger partial charge is 0.306 e. The standard InChI is InChI=1S/C15H22ClNS2/c1-2-18-14-8-4-6-12(14)17-11-5-3-7-13-10(11)9-15(16)19-13/h9,11-12,14,17H,2-8H2,1H3. The first-order valence-corrected chi connectivity index (χ1v) is 9.68. The Morgan fingerprint density at radius 3 is 3.11 bits per heavy atom. The van der Waals surface area contributed by atoms with Gasteiger partial charge in [-0.1, -0.05) is 24.9 Å². The molecule has 1 aromatic rings. The van der Waals surface area contributed by atoms with Crippen LogP contribution in [0.2, 0.25) is 4.34 Å². The summed E-state index contributed by atoms with van der Waals surface area (Å²) in [6, 6.07) is 3.46. The molecule has 1 aromatic heterocycles. The van der Waals surface area contributed by atoms with Gasteiger partial charge in [-0.25, -0.2) is 0 Å². The van der Waals surface area contributed by atoms with E-state index in [1.165, 1.54) is 54.7 Å². The van der Waals surface area contributed by atoms with E-state index in [1.54, 1.807) is 11.3 Å². The van der Waals surface area contributed by atoms with Gasteiger partial charge in [0, 0.05) is 22.2 Å². The molecule has 0 spiro atoms. The fourth-order valence-corrected chi connectivity index (χ4v) is 6.08. The summed E-state index contributed by atoms with van der Waals surface area (Å²) in [7, 11) is 0. The third-order valence-electron chi connectivity index (χ3n) is 4.33. The highest BCUT2D eigenvalue weighted by Gasteiger charge is 2.31. The third-order valence-corrected chi connectivity index (χ3v) is 7.00. The number of thiophene rings is 1. The Kier molecular flexibility index (Phi) is 4.78. The molecule has 106 valence electrons. The zero-order valence-corrected chi connectivity index (χ0v) is 13.8. The smallest absolute Gasteiger partial charge is 0.0934 e. The van der Waals surface area contributed by atoms with Gasteiger partial charge in [-0.05, 0) is 49.5 Å². The van der Waals surface area contributed by atoms with E-state index in [1.807, 2.05) is 0 Å². The number of aryl methyl sites for hydroxylation is 1. The van der Waals surface area contributed by atoms with Gasteiger partial charge in [0.05, 0.1) is 4.34 Å². The molecule has 2 aliphatic carbocycles. The zero-order valence-electron chi connectivity index (χ0n) is 11.5. The molecule has 0 amide bonds. The summed E-state index contributed by atoms with van der Waals surface area (Å²) in [6.45, 7) is 2.28. The van der Waals surface area contributed by atoms with Crippen molar-refractivity contribution in [2.45, 2.75) is 62.8 Å². The number of nitrogens with one attached hydrogen (secondary N) is 1. The van der Waals surface area contributed by atoms with Crippen LogP contribution in [-0.4, -0.2) is 17.0 Å². The van der Waals surface area contributed by atoms with Crippen molar-refractivity contribution >= 4 is 34.7 Å². The second-order valence-corrected chi connectivity index (χ2v) is 8.86. The summed E-state index contributed by atoms with van der Waals surface area (Å²) >= 11 is 10.1. The van der Waals surface area contributed by atoms with Gasteiger partial charge in [0.15, 0.2) is 0 Å². The monoisotopic (exact) mass is 315 g/mol. The minimum Gasteiger partial charge on any atom is -0.306 e. The van der Waals surface area contributed by atoms with E-state index in [0.717, 1.165) is 9.59 Å². The van der Waals surface area contributed by atoms with Crippen LogP contribution in [0.3, 0.4) is 0 Å². The van der Waals surface area contributed by atoms with Crippen molar-refractivity contribution in [1.82, 2.24) is 5.32 Å². The molecule has 3 unspecified atom stereocenters. The van der Waals surface area contributed by atoms with E-state index in [4.69, 9.17) is 11.6 Å². The van der Waals surface area contributed by atoms with E-state index < -0.39 is 0 Å². The van der Waals surface area contributed by atoms with Gasteiger partial charge < -0.3 is 5.32 Å². The highest BCUT2D eigenvalue weighted by molar-refractivity contribution is 7.99. The second-order valence-electron chi connectivity index (χ2n) is 5.57. The zero-order chi connectivity index (χ0) is 13.2. The number of hydrogen-bond acceptors (Lipinski definition) is 3. The van der Waals surface area contributed by atoms with Crippen LogP contribution >= 0.6 is 34.7 Å². The lowest BCUT2D eigenvalue weighted by atomic mass is 9.93. The van der Waals surface area contributed by atoms with Crippen molar-refractivity contribution in [2.75, 3.05) is 5.75 Å². The van der Waals surface area contributed by atoms with Crippen molar-refractivity contribution in [2.24, 2.45) is 0 Å². The molecule has 0 radical (unpaired) electrons. The van der Waals surface area contributed by atoms with Crippen LogP contribution in [-0.2, 0) is 6.42 Å². The Morgan fingerprint density at radius 2 is 2.26 bits per heavy atom. The molecule has 1 N–H and O–H groups in total. The summed E-state index contributed by atoms with van der Waals surface area (Å²) in [4.78, 5) is 1.52. The second kappa shape index (κ2) is 6.38. The molecule has 3 atom stereocenters. The lowest BCUT2D eigenvalue weighted by Crippen LogP contribution is -2.38. The first-order valence-electron chi connectivity index (χ1n) is 7.43. The van der Waals surface area contributed by atoms with E-state index in [2.05, 4.69) is 30.1 Å². The normalized spacial score (nSPS) is 30.5. The summed E-state index contributed by atoms with van der Waals surface area (Å²) in [6.07, 6.45) is 7.93. The number of rotatable bonds is 4. The van der Waals surface area contributed by atoms with Crippen molar-refractivity contribution in [1.29, 1.82) is 0 Å². The quantitative estimate of drug-likeness (QED) is 0.835. The average molecular weight is 316 g/mol. The van der Waals surface area contributed by atoms with Crippen LogP contribution in [0, 0.1) is 0 Å². The lowest BCUT2D eigenvalue weighted by Gasteiger charge is -2.29. The van der Waals surface area contributed by atoms with Crippen molar-refractivity contribution in [3.8, 4) is 0 Å². The van der Waals surface area contributed by atoms with E-state index in [-0.39, 0.29) is 0 Å². The summed E-state index contributed by atoms with van der Waals surface area (Å²) in [5.74, 6) is 1.24. The van der Waals surface area contributed by atoms with Crippen LogP contribution < -0.4 is 5.32 Å². The molecule has 1 saturated carbocycles. The van der Waals surface area contributed by atoms with Gasteiger partial charge in [0.2, 0.25) is 0 Å². The predicted molar refractivity (Wildman–Crippen MR) is 87.7 cm³/mol. The number of fused-ring (bicyclic) bond motifs is 1. The van der Waals surface area contributed by atoms with Gasteiger partial charge in [-0.3, -0.25) is 0 Å². The van der Waals surface area contributed by atoms with E-state index >= 15 is 0 Å². The van der Waals surface area contributed by atoms with Gasteiger partial charge >= 0.3 is 0 Å². The van der Waals surface area contributed by atoms with Crippen LogP contribution in [0.1, 0.15) is 55.5 Å². The maximum absolute atomic E-state index is 6.20. The van der Waals surface area contributed by atoms with Crippen LogP contribution in [0.4, 0.5) is 0 Å². The maximum atomic E-state index is 6.20. The average Bonchev–Trinajstić information content (AvgIpc) is 2.97. The fourth-order valence-electron chi connectivity index (χ4n) is 3.48. The minimum atomic E-state index is 0.551. The fraction of sp³-hybridized carbons (Fsp3) is 0.733. The molecule has 1 fully saturated rings. The molecule has 0 saturated heterocycles. The summed E-state index contributed by atoms with van der Waals surface area (Å²) < 4.78 is 0.963. The molecule has 1 heterocycles. The predicted octanol–water partition coefficient (Wildman–Crippen LogP) is 5.04. The van der Waals surface area contributed by atoms with Crippen LogP contribution in [0.5, 0.6) is 0 Å². The molecule has 19 heavy (non-hydrogen) atoms. The molecule has 0 aromatic carbocycles. The van der Waals surface area contributed by atoms with Crippen LogP contribution in [0.15, 0.2) is 6.07 Å². The van der Waals surface area contributed by atoms with Gasteiger partial charge in [-0.2, -0.15) is 11.8 Å². The highest BCUT2D eigenvalue weighted by Crippen LogP contribution is 2.39. The first kappa shape index (κ1) is 14.2. The van der Waals surface area contributed by atoms with Crippen molar-refractivity contribution in [3.63, 3.8) is 0 Å². The molecular formula is C15H22ClNS2. The number of hydrogen-bond donors (Lipinski definition) is 1. The van der Waals surface area contributed by atoms with E-state index in [0.29, 0.717) is 12.1 Å². The molecule has 2 aliphatic rings. The number of halogens is 1. The SMILES string of the molecule is CCSC1CCCC1NC1CCCc2sc(Cl)cc21. The maximum Gasteiger partial charge on any atom is 0.0934 e. The Morgan fingerprint density at radius 1 is 1.37 bits per heavy atom. The summed E-state index contributed by atoms with van der Waals surface area (Å²) in [5, 5.41) is 4.77. The van der Waals surface area contributed by atoms with Crippen LogP contribution in [0.25, 0.3) is 0 Å².